The van der Waals surface area contributed by atoms with E-state index in [-0.39, 0.29) is 49.7 Å². The summed E-state index contributed by atoms with van der Waals surface area (Å²) >= 11 is 0. The zero-order chi connectivity index (χ0) is 23.7. The first-order valence-electron chi connectivity index (χ1n) is 11.7. The van der Waals surface area contributed by atoms with Crippen LogP contribution in [0.4, 0.5) is 11.4 Å². The fourth-order valence-corrected chi connectivity index (χ4v) is 9.90. The Hall–Kier alpha value is -1.09. The van der Waals surface area contributed by atoms with Gasteiger partial charge in [-0.2, -0.15) is 0 Å². The zero-order valence-electron chi connectivity index (χ0n) is 21.3. The molecule has 2 amide bonds. The summed E-state index contributed by atoms with van der Waals surface area (Å²) in [6, 6.07) is 10.3. The fourth-order valence-electron chi connectivity index (χ4n) is 5.31. The van der Waals surface area contributed by atoms with Crippen LogP contribution in [-0.4, -0.2) is 35.5 Å². The number of carbonyl (C=O) groups excluding carboxylic acids is 2. The molecule has 1 saturated carbocycles. The van der Waals surface area contributed by atoms with E-state index >= 15 is 0 Å². The van der Waals surface area contributed by atoms with Crippen molar-refractivity contribution >= 4 is 30.5 Å². The Labute approximate surface area is 225 Å². The van der Waals surface area contributed by atoms with Crippen LogP contribution in [0.25, 0.3) is 0 Å². The van der Waals surface area contributed by atoms with E-state index in [0.717, 1.165) is 58.8 Å². The number of benzene rings is 2. The van der Waals surface area contributed by atoms with Crippen LogP contribution in [0, 0.1) is 34.6 Å². The topological polar surface area (TPSA) is 58.2 Å². The second-order valence-electron chi connectivity index (χ2n) is 9.51. The van der Waals surface area contributed by atoms with Crippen molar-refractivity contribution in [2.24, 2.45) is 0 Å². The number of hydrogen-bond donors (Lipinski definition) is 2. The van der Waals surface area contributed by atoms with Crippen LogP contribution < -0.4 is 10.6 Å². The number of para-hydroxylation sites is 1. The maximum Gasteiger partial charge on any atom is 0.268 e. The van der Waals surface area contributed by atoms with Crippen molar-refractivity contribution in [1.29, 1.82) is 0 Å². The van der Waals surface area contributed by atoms with Gasteiger partial charge in [-0.05, 0) is 70.7 Å². The maximum atomic E-state index is 13.7. The molecule has 175 valence electrons. The molecule has 0 spiro atoms. The molecule has 2 N–H and O–H groups in total. The number of aryl methyl sites for hydroxylation is 5. The van der Waals surface area contributed by atoms with Crippen molar-refractivity contribution in [2.45, 2.75) is 66.5 Å². The summed E-state index contributed by atoms with van der Waals surface area (Å²) < 4.78 is 0. The molecule has 1 aliphatic rings. The number of amides is 2. The molecule has 6 heteroatoms. The van der Waals surface area contributed by atoms with Crippen LogP contribution in [0.1, 0.15) is 54.5 Å². The van der Waals surface area contributed by atoms with Crippen molar-refractivity contribution in [3.63, 3.8) is 0 Å². The van der Waals surface area contributed by atoms with Gasteiger partial charge in [-0.15, -0.1) is 0 Å². The minimum absolute atomic E-state index is 0. The molecule has 1 fully saturated rings. The van der Waals surface area contributed by atoms with Gasteiger partial charge in [0.1, 0.15) is 6.16 Å². The van der Waals surface area contributed by atoms with E-state index in [2.05, 4.69) is 57.4 Å². The predicted octanol–water partition coefficient (Wildman–Crippen LogP) is 6.39. The molecule has 0 aromatic heterocycles. The molecule has 4 nitrogen and oxygen atoms in total. The smallest absolute Gasteiger partial charge is 0.268 e. The average Bonchev–Trinajstić information content (AvgIpc) is 3.54. The standard InChI is InChI=1S/C27H37N2O2P.Y/c1-8-32(9-2,17-23(30)28-24-19(4)11-10-12-20(24)5)27(13-14-27)26(31)29-25-21(6)15-18(3)16-22(25)7;/h10-12,15-16H,8-9,13-14,17H2,1-7H3,(H-,28,29,30,31);/p+1. The van der Waals surface area contributed by atoms with Gasteiger partial charge in [0.25, 0.3) is 11.8 Å². The average molecular weight is 542 g/mol. The number of nitrogens with one attached hydrogen (secondary N) is 2. The van der Waals surface area contributed by atoms with Gasteiger partial charge >= 0.3 is 0 Å². The third-order valence-electron chi connectivity index (χ3n) is 7.37. The molecule has 0 atom stereocenters. The molecule has 2 aromatic carbocycles. The predicted molar refractivity (Wildman–Crippen MR) is 139 cm³/mol. The van der Waals surface area contributed by atoms with Gasteiger partial charge < -0.3 is 10.6 Å². The van der Waals surface area contributed by atoms with Gasteiger partial charge in [0.2, 0.25) is 0 Å². The first kappa shape index (κ1) is 28.2. The second-order valence-corrected chi connectivity index (χ2v) is 14.2. The van der Waals surface area contributed by atoms with Gasteiger partial charge in [-0.1, -0.05) is 35.9 Å². The Morgan fingerprint density at radius 3 is 1.79 bits per heavy atom. The van der Waals surface area contributed by atoms with E-state index in [4.69, 9.17) is 0 Å². The van der Waals surface area contributed by atoms with Crippen molar-refractivity contribution in [3.05, 3.63) is 58.1 Å². The summed E-state index contributed by atoms with van der Waals surface area (Å²) in [7, 11) is -1.83. The van der Waals surface area contributed by atoms with Crippen LogP contribution in [0.3, 0.4) is 0 Å². The summed E-state index contributed by atoms with van der Waals surface area (Å²) in [6.45, 7) is 14.6. The van der Waals surface area contributed by atoms with E-state index in [1.54, 1.807) is 0 Å². The van der Waals surface area contributed by atoms with Crippen molar-refractivity contribution in [2.75, 3.05) is 29.1 Å². The van der Waals surface area contributed by atoms with Crippen LogP contribution in [0.15, 0.2) is 30.3 Å². The van der Waals surface area contributed by atoms with E-state index in [9.17, 15) is 9.59 Å². The first-order valence-corrected chi connectivity index (χ1v) is 14.0. The van der Waals surface area contributed by atoms with Crippen LogP contribution in [-0.2, 0) is 42.3 Å². The van der Waals surface area contributed by atoms with Gasteiger partial charge in [-0.3, -0.25) is 9.59 Å². The minimum atomic E-state index is -1.83. The van der Waals surface area contributed by atoms with Crippen molar-refractivity contribution in [1.82, 2.24) is 0 Å². The maximum absolute atomic E-state index is 13.7. The Bertz CT molecular complexity index is 999. The Morgan fingerprint density at radius 1 is 0.848 bits per heavy atom. The van der Waals surface area contributed by atoms with Crippen LogP contribution >= 0.6 is 7.26 Å². The van der Waals surface area contributed by atoms with Gasteiger partial charge in [0.15, 0.2) is 5.16 Å². The molecule has 2 aromatic rings. The van der Waals surface area contributed by atoms with E-state index < -0.39 is 7.26 Å². The molecule has 0 heterocycles. The molecule has 0 aliphatic heterocycles. The Balaban J connectivity index is 0.00000385. The summed E-state index contributed by atoms with van der Waals surface area (Å²) in [4.78, 5) is 26.9. The molecular formula is C27H38N2O2PY+. The normalized spacial score (nSPS) is 14.3. The number of carbonyl (C=O) groups is 2. The minimum Gasteiger partial charge on any atom is -0.322 e. The summed E-state index contributed by atoms with van der Waals surface area (Å²) in [5.74, 6) is 0.158. The van der Waals surface area contributed by atoms with E-state index in [0.29, 0.717) is 6.16 Å². The monoisotopic (exact) mass is 542 g/mol. The molecule has 1 radical (unpaired) electrons. The third kappa shape index (κ3) is 5.60. The summed E-state index contributed by atoms with van der Waals surface area (Å²) in [5, 5.41) is 6.08. The second kappa shape index (κ2) is 11.1. The molecule has 0 bridgehead atoms. The van der Waals surface area contributed by atoms with Gasteiger partial charge in [0, 0.05) is 64.2 Å². The van der Waals surface area contributed by atoms with Crippen LogP contribution in [0.5, 0.6) is 0 Å². The molecule has 0 unspecified atom stereocenters. The third-order valence-corrected chi connectivity index (χ3v) is 13.2. The SMILES string of the molecule is CC[P+](CC)(CC(=O)Nc1c(C)cccc1C)C1(C(=O)Nc2c(C)cc(C)cc2C)CC1.[Y]. The number of anilines is 2. The molecule has 3 rings (SSSR count). The number of hydrogen-bond acceptors (Lipinski definition) is 2. The van der Waals surface area contributed by atoms with Crippen molar-refractivity contribution < 1.29 is 42.3 Å². The molecular weight excluding hydrogens is 504 g/mol. The Morgan fingerprint density at radius 2 is 1.33 bits per heavy atom. The quantitative estimate of drug-likeness (QED) is 0.380. The van der Waals surface area contributed by atoms with Gasteiger partial charge in [-0.25, -0.2) is 0 Å². The van der Waals surface area contributed by atoms with Gasteiger partial charge in [0.05, 0.1) is 12.3 Å². The summed E-state index contributed by atoms with van der Waals surface area (Å²) in [5.41, 5.74) is 7.36. The van der Waals surface area contributed by atoms with Crippen LogP contribution in [0.2, 0.25) is 0 Å². The van der Waals surface area contributed by atoms with Crippen molar-refractivity contribution in [3.8, 4) is 0 Å². The first-order chi connectivity index (χ1) is 15.1. The largest absolute Gasteiger partial charge is 0.322 e. The Kier molecular flexibility index (Phi) is 9.47. The summed E-state index contributed by atoms with van der Waals surface area (Å²) in [6.07, 6.45) is 4.04. The number of rotatable bonds is 8. The fraction of sp³-hybridized carbons (Fsp3) is 0.481. The van der Waals surface area contributed by atoms with E-state index in [1.807, 2.05) is 32.0 Å². The molecule has 0 saturated heterocycles. The zero-order valence-corrected chi connectivity index (χ0v) is 25.0. The molecule has 33 heavy (non-hydrogen) atoms. The molecule has 1 aliphatic carbocycles. The van der Waals surface area contributed by atoms with E-state index in [1.165, 1.54) is 5.56 Å².